The van der Waals surface area contributed by atoms with Crippen molar-refractivity contribution >= 4 is 55.6 Å². The van der Waals surface area contributed by atoms with Crippen LogP contribution in [0.3, 0.4) is 0 Å². The van der Waals surface area contributed by atoms with Crippen molar-refractivity contribution < 1.29 is 22.8 Å². The van der Waals surface area contributed by atoms with Gasteiger partial charge in [0.25, 0.3) is 15.7 Å². The van der Waals surface area contributed by atoms with Crippen LogP contribution in [0.1, 0.15) is 12.0 Å². The number of hydrogen-bond donors (Lipinski definition) is 2. The molecule has 3 heterocycles. The Morgan fingerprint density at radius 2 is 1.62 bits per heavy atom. The molecule has 0 saturated carbocycles. The third-order valence-corrected chi connectivity index (χ3v) is 14.4. The number of nitro groups is 1. The fourth-order valence-electron chi connectivity index (χ4n) is 8.18. The molecule has 17 heteroatoms. The van der Waals surface area contributed by atoms with Gasteiger partial charge in [-0.2, -0.15) is 0 Å². The number of hydrogen-bond acceptors (Lipinski definition) is 14. The minimum atomic E-state index is -4.29. The van der Waals surface area contributed by atoms with Gasteiger partial charge in [-0.05, 0) is 91.8 Å². The molecule has 2 saturated heterocycles. The number of nitrogens with zero attached hydrogens (tertiary/aromatic N) is 7. The van der Waals surface area contributed by atoms with Crippen LogP contribution in [0.15, 0.2) is 131 Å². The first-order chi connectivity index (χ1) is 32.1. The van der Waals surface area contributed by atoms with E-state index in [2.05, 4.69) is 76.0 Å². The summed E-state index contributed by atoms with van der Waals surface area (Å²) in [5.41, 5.74) is 5.12. The Morgan fingerprint density at radius 3 is 2.38 bits per heavy atom. The van der Waals surface area contributed by atoms with E-state index in [4.69, 9.17) is 9.47 Å². The van der Waals surface area contributed by atoms with Gasteiger partial charge < -0.3 is 24.6 Å². The van der Waals surface area contributed by atoms with Crippen LogP contribution in [0.4, 0.5) is 22.9 Å². The van der Waals surface area contributed by atoms with Crippen LogP contribution in [0.2, 0.25) is 0 Å². The molecule has 1 unspecified atom stereocenters. The Labute approximate surface area is 391 Å². The third-order valence-electron chi connectivity index (χ3n) is 11.9. The Kier molecular flexibility index (Phi) is 15.6. The van der Waals surface area contributed by atoms with Gasteiger partial charge in [0.15, 0.2) is 5.82 Å². The molecule has 1 aromatic heterocycles. The first-order valence-corrected chi connectivity index (χ1v) is 24.8. The van der Waals surface area contributed by atoms with Gasteiger partial charge in [0.05, 0.1) is 28.5 Å². The lowest BCUT2D eigenvalue weighted by molar-refractivity contribution is -0.384. The minimum Gasteiger partial charge on any atom is -0.492 e. The molecule has 8 rings (SSSR count). The molecule has 6 aromatic rings. The van der Waals surface area contributed by atoms with Crippen molar-refractivity contribution in [3.05, 3.63) is 137 Å². The molecule has 0 spiro atoms. The Balaban J connectivity index is 0.907. The average Bonchev–Trinajstić information content (AvgIpc) is 3.33. The molecule has 15 nitrogen and oxygen atoms in total. The van der Waals surface area contributed by atoms with Crippen molar-refractivity contribution in [2.75, 3.05) is 107 Å². The predicted molar refractivity (Wildman–Crippen MR) is 263 cm³/mol. The normalized spacial score (nSPS) is 15.5. The summed E-state index contributed by atoms with van der Waals surface area (Å²) in [6.45, 7) is 9.49. The summed E-state index contributed by atoms with van der Waals surface area (Å²) in [5.74, 6) is 1.61. The molecule has 2 aliphatic rings. The smallest absolute Gasteiger partial charge is 0.293 e. The standard InChI is InChI=1S/C49H57N9O6S2/c1-54(2)26-31-64-41-15-12-37(13-16-41)44-11-7-6-8-38(44)34-56-22-24-57(25-23-56)40-14-18-45-47(32-40)50-36-51-49(45)53-66(61,62)43-17-19-46(48(33-43)58(59)60)52-39(20-21-55-27-29-63-30-28-55)35-65-42-9-4-3-5-10-42/h3-19,32-33,36,39,52H,20-31,34-35H2,1-2H3,(H,50,51,53). The van der Waals surface area contributed by atoms with Gasteiger partial charge in [0, 0.05) is 92.7 Å². The number of benzene rings is 5. The number of morpholine rings is 1. The van der Waals surface area contributed by atoms with Gasteiger partial charge in [-0.15, -0.1) is 11.8 Å². The summed E-state index contributed by atoms with van der Waals surface area (Å²) in [4.78, 5) is 30.8. The number of anilines is 3. The number of nitrogens with one attached hydrogen (secondary N) is 2. The molecule has 2 N–H and O–H groups in total. The maximum atomic E-state index is 13.9. The van der Waals surface area contributed by atoms with E-state index in [1.807, 2.05) is 74.8 Å². The van der Waals surface area contributed by atoms with E-state index in [1.165, 1.54) is 29.6 Å². The summed E-state index contributed by atoms with van der Waals surface area (Å²) >= 11 is 1.67. The number of sulfonamides is 1. The molecule has 0 amide bonds. The topological polar surface area (TPSA) is 159 Å². The number of thioether (sulfide) groups is 1. The fraction of sp³-hybridized carbons (Fsp3) is 0.347. The molecule has 2 aliphatic heterocycles. The molecule has 346 valence electrons. The van der Waals surface area contributed by atoms with Crippen LogP contribution >= 0.6 is 11.8 Å². The van der Waals surface area contributed by atoms with Crippen LogP contribution in [-0.4, -0.2) is 136 Å². The average molecular weight is 932 g/mol. The predicted octanol–water partition coefficient (Wildman–Crippen LogP) is 7.56. The highest BCUT2D eigenvalue weighted by atomic mass is 32.2. The SMILES string of the molecule is CN(C)CCOc1ccc(-c2ccccc2CN2CCN(c3ccc4c(NS(=O)(=O)c5ccc(NC(CCN6CCOCC6)CSc6ccccc6)c([N+](=O)[O-])c5)ncnc4c3)CC2)cc1. The van der Waals surface area contributed by atoms with Crippen LogP contribution < -0.4 is 19.7 Å². The largest absolute Gasteiger partial charge is 0.492 e. The molecule has 5 aromatic carbocycles. The molecule has 0 bridgehead atoms. The van der Waals surface area contributed by atoms with E-state index in [-0.39, 0.29) is 28.1 Å². The Hall–Kier alpha value is -5.82. The molecule has 0 aliphatic carbocycles. The number of rotatable bonds is 20. The Bertz CT molecular complexity index is 2660. The van der Waals surface area contributed by atoms with E-state index < -0.39 is 14.9 Å². The third kappa shape index (κ3) is 12.3. The molecule has 0 radical (unpaired) electrons. The highest BCUT2D eigenvalue weighted by molar-refractivity contribution is 7.99. The molecule has 66 heavy (non-hydrogen) atoms. The zero-order valence-corrected chi connectivity index (χ0v) is 39.1. The molecule has 1 atom stereocenters. The second kappa shape index (κ2) is 22.1. The van der Waals surface area contributed by atoms with Gasteiger partial charge >= 0.3 is 0 Å². The zero-order valence-electron chi connectivity index (χ0n) is 37.4. The van der Waals surface area contributed by atoms with Gasteiger partial charge in [-0.3, -0.25) is 24.6 Å². The highest BCUT2D eigenvalue weighted by Gasteiger charge is 2.26. The van der Waals surface area contributed by atoms with Crippen LogP contribution in [0.25, 0.3) is 22.0 Å². The minimum absolute atomic E-state index is 0.0903. The lowest BCUT2D eigenvalue weighted by Crippen LogP contribution is -2.46. The maximum absolute atomic E-state index is 13.9. The van der Waals surface area contributed by atoms with Gasteiger partial charge in [0.2, 0.25) is 0 Å². The van der Waals surface area contributed by atoms with Crippen LogP contribution in [0, 0.1) is 10.1 Å². The number of fused-ring (bicyclic) bond motifs is 1. The first-order valence-electron chi connectivity index (χ1n) is 22.3. The number of piperazine rings is 1. The second-order valence-corrected chi connectivity index (χ2v) is 19.5. The van der Waals surface area contributed by atoms with Crippen LogP contribution in [0.5, 0.6) is 5.75 Å². The van der Waals surface area contributed by atoms with E-state index in [0.717, 1.165) is 93.3 Å². The summed E-state index contributed by atoms with van der Waals surface area (Å²) in [7, 11) is -0.220. The lowest BCUT2D eigenvalue weighted by atomic mass is 9.99. The van der Waals surface area contributed by atoms with E-state index in [1.54, 1.807) is 11.8 Å². The lowest BCUT2D eigenvalue weighted by Gasteiger charge is -2.36. The maximum Gasteiger partial charge on any atom is 0.293 e. The van der Waals surface area contributed by atoms with E-state index in [9.17, 15) is 18.5 Å². The van der Waals surface area contributed by atoms with Crippen LogP contribution in [-0.2, 0) is 21.3 Å². The van der Waals surface area contributed by atoms with Crippen molar-refractivity contribution in [1.82, 2.24) is 24.7 Å². The zero-order chi connectivity index (χ0) is 45.9. The number of aromatic nitrogens is 2. The number of ether oxygens (including phenoxy) is 2. The first kappa shape index (κ1) is 46.7. The molecule has 2 fully saturated rings. The number of nitro benzene ring substituents is 1. The summed E-state index contributed by atoms with van der Waals surface area (Å²) < 4.78 is 41.8. The molecular formula is C49H57N9O6S2. The Morgan fingerprint density at radius 1 is 0.864 bits per heavy atom. The van der Waals surface area contributed by atoms with Crippen molar-refractivity contribution in [2.24, 2.45) is 0 Å². The van der Waals surface area contributed by atoms with E-state index in [0.29, 0.717) is 36.5 Å². The fourth-order valence-corrected chi connectivity index (χ4v) is 10.2. The summed E-state index contributed by atoms with van der Waals surface area (Å²) in [6, 6.07) is 36.4. The number of likely N-dealkylation sites (N-methyl/N-ethyl adjacent to an activating group) is 1. The quantitative estimate of drug-likeness (QED) is 0.0439. The van der Waals surface area contributed by atoms with Gasteiger partial charge in [0.1, 0.15) is 24.4 Å². The molecular weight excluding hydrogens is 875 g/mol. The van der Waals surface area contributed by atoms with Crippen molar-refractivity contribution in [2.45, 2.75) is 28.8 Å². The summed E-state index contributed by atoms with van der Waals surface area (Å²) in [6.07, 6.45) is 2.06. The highest BCUT2D eigenvalue weighted by Crippen LogP contribution is 2.33. The van der Waals surface area contributed by atoms with Crippen molar-refractivity contribution in [3.63, 3.8) is 0 Å². The second-order valence-electron chi connectivity index (χ2n) is 16.8. The summed E-state index contributed by atoms with van der Waals surface area (Å²) in [5, 5.41) is 16.4. The monoisotopic (exact) mass is 931 g/mol. The van der Waals surface area contributed by atoms with Gasteiger partial charge in [-0.25, -0.2) is 18.4 Å². The van der Waals surface area contributed by atoms with Crippen molar-refractivity contribution in [3.8, 4) is 16.9 Å². The van der Waals surface area contributed by atoms with E-state index >= 15 is 0 Å². The van der Waals surface area contributed by atoms with Crippen molar-refractivity contribution in [1.29, 1.82) is 0 Å². The van der Waals surface area contributed by atoms with Gasteiger partial charge in [-0.1, -0.05) is 54.6 Å².